The van der Waals surface area contributed by atoms with E-state index >= 15 is 0 Å². The summed E-state index contributed by atoms with van der Waals surface area (Å²) >= 11 is 0. The molecule has 0 aliphatic rings. The molecule has 0 saturated heterocycles. The van der Waals surface area contributed by atoms with E-state index in [2.05, 4.69) is 81.1 Å². The number of aromatic nitrogens is 4. The number of fused-ring (bicyclic) bond motifs is 6. The molecule has 0 bridgehead atoms. The quantitative estimate of drug-likeness (QED) is 0.296. The van der Waals surface area contributed by atoms with Crippen molar-refractivity contribution < 1.29 is 4.42 Å². The third kappa shape index (κ3) is 4.04. The molecule has 0 aliphatic heterocycles. The monoisotopic (exact) mass is 416 g/mol. The lowest BCUT2D eigenvalue weighted by molar-refractivity contribution is 0.669. The van der Waals surface area contributed by atoms with Crippen LogP contribution in [0.3, 0.4) is 0 Å². The SMILES string of the molecule is c1ccc2c(c1)[nH]c1ccccc12.c1ccc2c(c1)oc1ccccc12.c1cnnnc1. The second kappa shape index (κ2) is 9.10. The minimum atomic E-state index is 0.962. The van der Waals surface area contributed by atoms with Crippen molar-refractivity contribution >= 4 is 43.7 Å². The fourth-order valence-corrected chi connectivity index (χ4v) is 3.68. The Bertz CT molecular complexity index is 1350. The Hall–Kier alpha value is -4.51. The van der Waals surface area contributed by atoms with Gasteiger partial charge < -0.3 is 9.40 Å². The van der Waals surface area contributed by atoms with Crippen LogP contribution in [-0.2, 0) is 0 Å². The molecule has 3 aromatic heterocycles. The van der Waals surface area contributed by atoms with E-state index in [0.29, 0.717) is 0 Å². The summed E-state index contributed by atoms with van der Waals surface area (Å²) in [7, 11) is 0. The predicted molar refractivity (Wildman–Crippen MR) is 129 cm³/mol. The molecule has 0 aliphatic carbocycles. The van der Waals surface area contributed by atoms with Gasteiger partial charge in [0.25, 0.3) is 0 Å². The zero-order valence-electron chi connectivity index (χ0n) is 17.2. The molecule has 7 aromatic rings. The number of rotatable bonds is 0. The van der Waals surface area contributed by atoms with Crippen LogP contribution < -0.4 is 0 Å². The van der Waals surface area contributed by atoms with Crippen molar-refractivity contribution in [2.45, 2.75) is 0 Å². The molecular weight excluding hydrogens is 396 g/mol. The number of H-pyrrole nitrogens is 1. The van der Waals surface area contributed by atoms with Crippen LogP contribution in [0.5, 0.6) is 0 Å². The number of aromatic amines is 1. The standard InChI is InChI=1S/C12H9N.C12H8O.C3H3N3/c2*1-3-7-11-9(5-1)10-6-2-4-8-12(10)13-11;1-2-4-6-5-3-1/h1-8,13H;1-8H;1-3H. The molecule has 0 unspecified atom stereocenters. The van der Waals surface area contributed by atoms with Crippen molar-refractivity contribution in [3.63, 3.8) is 0 Å². The highest BCUT2D eigenvalue weighted by atomic mass is 16.3. The van der Waals surface area contributed by atoms with Crippen molar-refractivity contribution in [1.82, 2.24) is 20.4 Å². The number of hydrogen-bond donors (Lipinski definition) is 1. The van der Waals surface area contributed by atoms with Crippen molar-refractivity contribution in [3.05, 3.63) is 116 Å². The van der Waals surface area contributed by atoms with E-state index in [1.165, 1.54) is 32.6 Å². The second-order valence-corrected chi connectivity index (χ2v) is 7.12. The van der Waals surface area contributed by atoms with Crippen LogP contribution in [0.1, 0.15) is 0 Å². The van der Waals surface area contributed by atoms with Gasteiger partial charge in [0, 0.05) is 32.6 Å². The highest BCUT2D eigenvalue weighted by Crippen LogP contribution is 2.27. The summed E-state index contributed by atoms with van der Waals surface area (Å²) < 4.78 is 5.65. The first-order valence-corrected chi connectivity index (χ1v) is 10.3. The lowest BCUT2D eigenvalue weighted by Crippen LogP contribution is -1.78. The van der Waals surface area contributed by atoms with Crippen molar-refractivity contribution in [3.8, 4) is 0 Å². The van der Waals surface area contributed by atoms with Crippen LogP contribution in [0.4, 0.5) is 0 Å². The minimum Gasteiger partial charge on any atom is -0.456 e. The maximum atomic E-state index is 5.65. The van der Waals surface area contributed by atoms with Gasteiger partial charge in [0.15, 0.2) is 0 Å². The van der Waals surface area contributed by atoms with Crippen LogP contribution in [-0.4, -0.2) is 20.4 Å². The van der Waals surface area contributed by atoms with E-state index in [1.807, 2.05) is 36.4 Å². The normalized spacial score (nSPS) is 10.5. The molecular formula is C27H20N4O. The molecule has 0 fully saturated rings. The van der Waals surface area contributed by atoms with E-state index in [9.17, 15) is 0 Å². The molecule has 0 spiro atoms. The fourth-order valence-electron chi connectivity index (χ4n) is 3.68. The van der Waals surface area contributed by atoms with Gasteiger partial charge in [-0.3, -0.25) is 0 Å². The van der Waals surface area contributed by atoms with Gasteiger partial charge in [-0.05, 0) is 35.5 Å². The van der Waals surface area contributed by atoms with Gasteiger partial charge in [0.05, 0.1) is 12.4 Å². The van der Waals surface area contributed by atoms with Gasteiger partial charge in [0.2, 0.25) is 0 Å². The first-order valence-electron chi connectivity index (χ1n) is 10.3. The highest BCUT2D eigenvalue weighted by Gasteiger charge is 2.03. The number of nitrogens with one attached hydrogen (secondary N) is 1. The lowest BCUT2D eigenvalue weighted by Gasteiger charge is -1.87. The van der Waals surface area contributed by atoms with Crippen LogP contribution in [0.25, 0.3) is 43.7 Å². The number of benzene rings is 4. The first kappa shape index (κ1) is 19.5. The second-order valence-electron chi connectivity index (χ2n) is 7.12. The number of furan rings is 1. The van der Waals surface area contributed by atoms with Crippen molar-refractivity contribution in [1.29, 1.82) is 0 Å². The van der Waals surface area contributed by atoms with E-state index in [-0.39, 0.29) is 0 Å². The summed E-state index contributed by atoms with van der Waals surface area (Å²) in [6.07, 6.45) is 3.15. The summed E-state index contributed by atoms with van der Waals surface area (Å²) in [5.41, 5.74) is 4.35. The molecule has 0 atom stereocenters. The summed E-state index contributed by atoms with van der Waals surface area (Å²) in [6.45, 7) is 0. The van der Waals surface area contributed by atoms with Gasteiger partial charge >= 0.3 is 0 Å². The number of para-hydroxylation sites is 4. The Kier molecular flexibility index (Phi) is 5.53. The average molecular weight is 416 g/mol. The smallest absolute Gasteiger partial charge is 0.135 e. The molecule has 0 saturated carbocycles. The maximum absolute atomic E-state index is 5.65. The van der Waals surface area contributed by atoms with Gasteiger partial charge in [-0.25, -0.2) is 0 Å². The van der Waals surface area contributed by atoms with E-state index in [1.54, 1.807) is 18.5 Å². The summed E-state index contributed by atoms with van der Waals surface area (Å²) in [6, 6.07) is 34.7. The third-order valence-corrected chi connectivity index (χ3v) is 5.11. The van der Waals surface area contributed by atoms with Crippen LogP contribution in [0.15, 0.2) is 120 Å². The van der Waals surface area contributed by atoms with Crippen LogP contribution in [0, 0.1) is 0 Å². The van der Waals surface area contributed by atoms with Gasteiger partial charge in [-0.15, -0.1) is 10.2 Å². The molecule has 7 rings (SSSR count). The highest BCUT2D eigenvalue weighted by molar-refractivity contribution is 6.07. The minimum absolute atomic E-state index is 0.962. The Morgan fingerprint density at radius 3 is 1.34 bits per heavy atom. The van der Waals surface area contributed by atoms with Gasteiger partial charge in [-0.2, -0.15) is 0 Å². The first-order chi connectivity index (χ1) is 15.9. The largest absolute Gasteiger partial charge is 0.456 e. The van der Waals surface area contributed by atoms with Gasteiger partial charge in [0.1, 0.15) is 11.2 Å². The molecule has 0 amide bonds. The molecule has 4 aromatic carbocycles. The Morgan fingerprint density at radius 1 is 0.469 bits per heavy atom. The average Bonchev–Trinajstić information content (AvgIpc) is 3.44. The summed E-state index contributed by atoms with van der Waals surface area (Å²) in [4.78, 5) is 3.38. The Balaban J connectivity index is 0.000000109. The van der Waals surface area contributed by atoms with Gasteiger partial charge in [-0.1, -0.05) is 72.8 Å². The molecule has 5 nitrogen and oxygen atoms in total. The maximum Gasteiger partial charge on any atom is 0.135 e. The van der Waals surface area contributed by atoms with Crippen LogP contribution >= 0.6 is 0 Å². The lowest BCUT2D eigenvalue weighted by atomic mass is 10.2. The zero-order valence-corrected chi connectivity index (χ0v) is 17.2. The fraction of sp³-hybridized carbons (Fsp3) is 0. The molecule has 5 heteroatoms. The number of nitrogens with zero attached hydrogens (tertiary/aromatic N) is 3. The third-order valence-electron chi connectivity index (χ3n) is 5.11. The van der Waals surface area contributed by atoms with E-state index in [0.717, 1.165) is 11.2 Å². The van der Waals surface area contributed by atoms with Crippen molar-refractivity contribution in [2.75, 3.05) is 0 Å². The Labute approximate surface area is 184 Å². The Morgan fingerprint density at radius 2 is 0.906 bits per heavy atom. The number of hydrogen-bond acceptors (Lipinski definition) is 4. The van der Waals surface area contributed by atoms with Crippen LogP contribution in [0.2, 0.25) is 0 Å². The molecule has 3 heterocycles. The van der Waals surface area contributed by atoms with E-state index < -0.39 is 0 Å². The topological polar surface area (TPSA) is 67.6 Å². The zero-order chi connectivity index (χ0) is 21.6. The van der Waals surface area contributed by atoms with E-state index in [4.69, 9.17) is 4.42 Å². The molecule has 32 heavy (non-hydrogen) atoms. The predicted octanol–water partition coefficient (Wildman–Crippen LogP) is 6.78. The molecule has 154 valence electrons. The molecule has 1 N–H and O–H groups in total. The summed E-state index contributed by atoms with van der Waals surface area (Å²) in [5.74, 6) is 0. The molecule has 0 radical (unpaired) electrons. The van der Waals surface area contributed by atoms with Crippen molar-refractivity contribution in [2.24, 2.45) is 0 Å². The summed E-state index contributed by atoms with van der Waals surface area (Å²) in [5, 5.41) is 15.1.